The summed E-state index contributed by atoms with van der Waals surface area (Å²) in [6.45, 7) is 6.23. The first-order valence-corrected chi connectivity index (χ1v) is 8.50. The van der Waals surface area contributed by atoms with E-state index in [2.05, 4.69) is 46.8 Å². The molecule has 0 fully saturated rings. The second-order valence-corrected chi connectivity index (χ2v) is 6.26. The Morgan fingerprint density at radius 1 is 1.09 bits per heavy atom. The molecule has 1 aliphatic rings. The molecule has 1 aliphatic heterocycles. The van der Waals surface area contributed by atoms with Gasteiger partial charge in [-0.3, -0.25) is 4.79 Å². The van der Waals surface area contributed by atoms with Gasteiger partial charge in [0.15, 0.2) is 5.76 Å². The number of ether oxygens (including phenoxy) is 1. The van der Waals surface area contributed by atoms with Crippen LogP contribution in [0.4, 0.5) is 5.69 Å². The van der Waals surface area contributed by atoms with Crippen molar-refractivity contribution in [3.63, 3.8) is 0 Å². The van der Waals surface area contributed by atoms with Gasteiger partial charge < -0.3 is 9.64 Å². The van der Waals surface area contributed by atoms with Crippen molar-refractivity contribution < 1.29 is 9.53 Å². The van der Waals surface area contributed by atoms with Gasteiger partial charge >= 0.3 is 0 Å². The number of fused-ring (bicyclic) bond motifs is 1. The Bertz CT molecular complexity index is 761. The molecule has 0 aromatic heterocycles. The number of hydrogen-bond acceptors (Lipinski definition) is 3. The second-order valence-electron chi connectivity index (χ2n) is 5.34. The molecule has 0 radical (unpaired) electrons. The quantitative estimate of drug-likeness (QED) is 0.714. The third-order valence-electron chi connectivity index (χ3n) is 3.95. The zero-order chi connectivity index (χ0) is 16.4. The predicted molar refractivity (Wildman–Crippen MR) is 97.1 cm³/mol. The van der Waals surface area contributed by atoms with Crippen molar-refractivity contribution in [1.82, 2.24) is 0 Å². The lowest BCUT2D eigenvalue weighted by Gasteiger charge is -2.20. The molecule has 23 heavy (non-hydrogen) atoms. The Morgan fingerprint density at radius 3 is 2.43 bits per heavy atom. The molecular formula is C19H18BrNO2. The molecule has 2 aromatic rings. The van der Waals surface area contributed by atoms with Crippen LogP contribution in [0, 0.1) is 0 Å². The average molecular weight is 372 g/mol. The molecule has 2 aromatic carbocycles. The smallest absolute Gasteiger partial charge is 0.232 e. The molecule has 3 nitrogen and oxygen atoms in total. The first-order valence-electron chi connectivity index (χ1n) is 7.71. The van der Waals surface area contributed by atoms with E-state index in [0.717, 1.165) is 23.1 Å². The summed E-state index contributed by atoms with van der Waals surface area (Å²) in [5.74, 6) is 0.909. The van der Waals surface area contributed by atoms with Gasteiger partial charge in [0, 0.05) is 23.2 Å². The summed E-state index contributed by atoms with van der Waals surface area (Å²) in [5, 5.41) is 0. The van der Waals surface area contributed by atoms with Gasteiger partial charge in [0.05, 0.1) is 5.56 Å². The van der Waals surface area contributed by atoms with Gasteiger partial charge in [0.1, 0.15) is 5.75 Å². The molecule has 4 heteroatoms. The van der Waals surface area contributed by atoms with Crippen LogP contribution in [-0.2, 0) is 0 Å². The molecule has 0 N–H and O–H groups in total. The summed E-state index contributed by atoms with van der Waals surface area (Å²) in [5.41, 5.74) is 2.74. The van der Waals surface area contributed by atoms with Crippen molar-refractivity contribution in [3.8, 4) is 5.75 Å². The molecule has 0 atom stereocenters. The molecule has 0 unspecified atom stereocenters. The molecule has 0 saturated heterocycles. The van der Waals surface area contributed by atoms with Crippen LogP contribution in [-0.4, -0.2) is 18.9 Å². The normalized spacial score (nSPS) is 14.7. The lowest BCUT2D eigenvalue weighted by molar-refractivity contribution is 0.101. The number of halogens is 1. The fourth-order valence-corrected chi connectivity index (χ4v) is 3.04. The molecule has 0 bridgehead atoms. The van der Waals surface area contributed by atoms with Crippen molar-refractivity contribution in [2.75, 3.05) is 18.0 Å². The second kappa shape index (κ2) is 6.59. The van der Waals surface area contributed by atoms with E-state index in [1.165, 1.54) is 5.69 Å². The van der Waals surface area contributed by atoms with Gasteiger partial charge in [0.2, 0.25) is 5.78 Å². The van der Waals surface area contributed by atoms with Gasteiger partial charge in [-0.2, -0.15) is 0 Å². The maximum atomic E-state index is 12.4. The van der Waals surface area contributed by atoms with Crippen LogP contribution >= 0.6 is 15.9 Å². The fourth-order valence-electron chi connectivity index (χ4n) is 2.68. The summed E-state index contributed by atoms with van der Waals surface area (Å²) in [7, 11) is 0. The molecule has 0 saturated carbocycles. The average Bonchev–Trinajstić information content (AvgIpc) is 2.86. The summed E-state index contributed by atoms with van der Waals surface area (Å²) in [6, 6.07) is 13.6. The van der Waals surface area contributed by atoms with Crippen LogP contribution in [0.2, 0.25) is 0 Å². The van der Waals surface area contributed by atoms with Gasteiger partial charge in [0.25, 0.3) is 0 Å². The van der Waals surface area contributed by atoms with E-state index < -0.39 is 0 Å². The maximum absolute atomic E-state index is 12.4. The number of nitrogens with zero attached hydrogens (tertiary/aromatic N) is 1. The molecule has 0 aliphatic carbocycles. The molecule has 118 valence electrons. The van der Waals surface area contributed by atoms with E-state index in [4.69, 9.17) is 4.74 Å². The van der Waals surface area contributed by atoms with Crippen LogP contribution in [0.1, 0.15) is 29.8 Å². The van der Waals surface area contributed by atoms with E-state index in [0.29, 0.717) is 17.1 Å². The van der Waals surface area contributed by atoms with Gasteiger partial charge in [-0.1, -0.05) is 28.1 Å². The first kappa shape index (κ1) is 15.8. The number of allylic oxidation sites excluding steroid dienone is 1. The number of carbonyl (C=O) groups excluding carboxylic acids is 1. The van der Waals surface area contributed by atoms with Crippen LogP contribution in [0.5, 0.6) is 5.75 Å². The zero-order valence-corrected chi connectivity index (χ0v) is 14.8. The SMILES string of the molecule is CCN(CC)c1ccc(/C=C2\Oc3ccc(Br)cc3C2=O)cc1. The Kier molecular flexibility index (Phi) is 4.53. The maximum Gasteiger partial charge on any atom is 0.232 e. The van der Waals surface area contributed by atoms with Crippen molar-refractivity contribution >= 4 is 33.5 Å². The molecule has 1 heterocycles. The van der Waals surface area contributed by atoms with Crippen LogP contribution in [0.25, 0.3) is 6.08 Å². The van der Waals surface area contributed by atoms with Crippen molar-refractivity contribution in [2.45, 2.75) is 13.8 Å². The number of benzene rings is 2. The molecule has 3 rings (SSSR count). The number of Topliss-reactive ketones (excluding diaryl/α,β-unsaturated/α-hetero) is 1. The fraction of sp³-hybridized carbons (Fsp3) is 0.211. The molecular weight excluding hydrogens is 354 g/mol. The third kappa shape index (κ3) is 3.17. The van der Waals surface area contributed by atoms with Gasteiger partial charge in [-0.25, -0.2) is 0 Å². The standard InChI is InChI=1S/C19H18BrNO2/c1-3-21(4-2)15-8-5-13(6-9-15)11-18-19(22)16-12-14(20)7-10-17(16)23-18/h5-12H,3-4H2,1-2H3/b18-11-. The van der Waals surface area contributed by atoms with Crippen molar-refractivity contribution in [3.05, 3.63) is 63.8 Å². The summed E-state index contributed by atoms with van der Waals surface area (Å²) in [4.78, 5) is 14.7. The lowest BCUT2D eigenvalue weighted by Crippen LogP contribution is -2.21. The van der Waals surface area contributed by atoms with E-state index >= 15 is 0 Å². The largest absolute Gasteiger partial charge is 0.452 e. The van der Waals surface area contributed by atoms with Crippen molar-refractivity contribution in [2.24, 2.45) is 0 Å². The monoisotopic (exact) mass is 371 g/mol. The minimum atomic E-state index is -0.0749. The predicted octanol–water partition coefficient (Wildman–Crippen LogP) is 4.91. The van der Waals surface area contributed by atoms with E-state index in [9.17, 15) is 4.79 Å². The van der Waals surface area contributed by atoms with Crippen LogP contribution < -0.4 is 9.64 Å². The zero-order valence-electron chi connectivity index (χ0n) is 13.2. The minimum absolute atomic E-state index is 0.0749. The number of ketones is 1. The minimum Gasteiger partial charge on any atom is -0.452 e. The highest BCUT2D eigenvalue weighted by Crippen LogP contribution is 2.33. The Morgan fingerprint density at radius 2 is 1.78 bits per heavy atom. The van der Waals surface area contributed by atoms with Crippen molar-refractivity contribution in [1.29, 1.82) is 0 Å². The summed E-state index contributed by atoms with van der Waals surface area (Å²) < 4.78 is 6.55. The lowest BCUT2D eigenvalue weighted by atomic mass is 10.1. The summed E-state index contributed by atoms with van der Waals surface area (Å²) >= 11 is 3.38. The highest BCUT2D eigenvalue weighted by molar-refractivity contribution is 9.10. The molecule has 0 spiro atoms. The number of rotatable bonds is 4. The topological polar surface area (TPSA) is 29.5 Å². The van der Waals surface area contributed by atoms with E-state index in [1.54, 1.807) is 12.1 Å². The van der Waals surface area contributed by atoms with Crippen LogP contribution in [0.15, 0.2) is 52.7 Å². The van der Waals surface area contributed by atoms with Crippen LogP contribution in [0.3, 0.4) is 0 Å². The third-order valence-corrected chi connectivity index (χ3v) is 4.44. The number of hydrogen-bond donors (Lipinski definition) is 0. The number of carbonyl (C=O) groups is 1. The van der Waals surface area contributed by atoms with E-state index in [-0.39, 0.29) is 5.78 Å². The highest BCUT2D eigenvalue weighted by atomic mass is 79.9. The highest BCUT2D eigenvalue weighted by Gasteiger charge is 2.27. The van der Waals surface area contributed by atoms with Gasteiger partial charge in [-0.05, 0) is 55.8 Å². The first-order chi connectivity index (χ1) is 11.1. The Balaban J connectivity index is 1.84. The molecule has 0 amide bonds. The Labute approximate surface area is 144 Å². The van der Waals surface area contributed by atoms with Gasteiger partial charge in [-0.15, -0.1) is 0 Å². The number of anilines is 1. The Hall–Kier alpha value is -2.07. The summed E-state index contributed by atoms with van der Waals surface area (Å²) in [6.07, 6.45) is 1.79. The van der Waals surface area contributed by atoms with E-state index in [1.807, 2.05) is 24.3 Å².